The minimum Gasteiger partial charge on any atom is -0.494 e. The van der Waals surface area contributed by atoms with Crippen molar-refractivity contribution < 1.29 is 4.74 Å². The fourth-order valence-corrected chi connectivity index (χ4v) is 0.875. The predicted molar refractivity (Wildman–Crippen MR) is 55.1 cm³/mol. The van der Waals surface area contributed by atoms with E-state index in [1.165, 1.54) is 0 Å². The summed E-state index contributed by atoms with van der Waals surface area (Å²) in [5, 5.41) is 3.05. The molecule has 0 bridgehead atoms. The van der Waals surface area contributed by atoms with Crippen molar-refractivity contribution >= 4 is 5.95 Å². The maximum atomic E-state index is 4.94. The second kappa shape index (κ2) is 5.81. The molecule has 0 spiro atoms. The molecule has 4 nitrogen and oxygen atoms in total. The Morgan fingerprint density at radius 1 is 1.43 bits per heavy atom. The molecule has 1 N–H and O–H groups in total. The van der Waals surface area contributed by atoms with Crippen molar-refractivity contribution in [3.05, 3.63) is 12.4 Å². The standard InChI is InChI=1S/C10H13N3O/c1-3-4-5-6-11-10-12-7-9(14-2)8-13-10/h7-8H,5-6H2,1-2H3,(H,11,12,13). The van der Waals surface area contributed by atoms with Gasteiger partial charge < -0.3 is 10.1 Å². The van der Waals surface area contributed by atoms with Gasteiger partial charge in [0.15, 0.2) is 5.75 Å². The fourth-order valence-electron chi connectivity index (χ4n) is 0.875. The molecule has 0 fully saturated rings. The third kappa shape index (κ3) is 3.31. The molecule has 1 rings (SSSR count). The van der Waals surface area contributed by atoms with Crippen molar-refractivity contribution in [2.75, 3.05) is 19.0 Å². The Morgan fingerprint density at radius 3 is 2.71 bits per heavy atom. The van der Waals surface area contributed by atoms with E-state index >= 15 is 0 Å². The SMILES string of the molecule is CC#CCCNc1ncc(OC)cn1. The van der Waals surface area contributed by atoms with E-state index in [2.05, 4.69) is 27.1 Å². The van der Waals surface area contributed by atoms with Gasteiger partial charge in [-0.3, -0.25) is 0 Å². The van der Waals surface area contributed by atoms with Crippen LogP contribution in [0.5, 0.6) is 5.75 Å². The van der Waals surface area contributed by atoms with Crippen LogP contribution in [0.2, 0.25) is 0 Å². The van der Waals surface area contributed by atoms with Crippen molar-refractivity contribution in [1.82, 2.24) is 9.97 Å². The van der Waals surface area contributed by atoms with Crippen LogP contribution in [0.4, 0.5) is 5.95 Å². The summed E-state index contributed by atoms with van der Waals surface area (Å²) in [4.78, 5) is 8.10. The van der Waals surface area contributed by atoms with Gasteiger partial charge in [-0.05, 0) is 6.92 Å². The van der Waals surface area contributed by atoms with Gasteiger partial charge in [-0.2, -0.15) is 0 Å². The molecule has 74 valence electrons. The molecule has 0 saturated carbocycles. The molecule has 1 aromatic heterocycles. The molecule has 0 atom stereocenters. The molecule has 0 radical (unpaired) electrons. The molecule has 0 aromatic carbocycles. The number of hydrogen-bond donors (Lipinski definition) is 1. The van der Waals surface area contributed by atoms with E-state index in [-0.39, 0.29) is 0 Å². The minimum atomic E-state index is 0.601. The third-order valence-corrected chi connectivity index (χ3v) is 1.57. The zero-order valence-corrected chi connectivity index (χ0v) is 8.37. The highest BCUT2D eigenvalue weighted by molar-refractivity contribution is 5.27. The van der Waals surface area contributed by atoms with Crippen LogP contribution in [-0.4, -0.2) is 23.6 Å². The maximum Gasteiger partial charge on any atom is 0.222 e. The highest BCUT2D eigenvalue weighted by Gasteiger charge is 1.94. The van der Waals surface area contributed by atoms with Gasteiger partial charge in [0.25, 0.3) is 0 Å². The van der Waals surface area contributed by atoms with Crippen molar-refractivity contribution in [3.63, 3.8) is 0 Å². The summed E-state index contributed by atoms with van der Waals surface area (Å²) in [7, 11) is 1.59. The van der Waals surface area contributed by atoms with Crippen LogP contribution >= 0.6 is 0 Å². The van der Waals surface area contributed by atoms with Gasteiger partial charge in [-0.1, -0.05) is 0 Å². The number of hydrogen-bond acceptors (Lipinski definition) is 4. The molecule has 0 unspecified atom stereocenters. The maximum absolute atomic E-state index is 4.94. The summed E-state index contributed by atoms with van der Waals surface area (Å²) in [5.41, 5.74) is 0. The zero-order valence-electron chi connectivity index (χ0n) is 8.37. The summed E-state index contributed by atoms with van der Waals surface area (Å²) in [6, 6.07) is 0. The second-order valence-corrected chi connectivity index (χ2v) is 2.55. The highest BCUT2D eigenvalue weighted by Crippen LogP contribution is 2.06. The molecule has 1 aromatic rings. The summed E-state index contributed by atoms with van der Waals surface area (Å²) in [5.74, 6) is 7.03. The number of anilines is 1. The second-order valence-electron chi connectivity index (χ2n) is 2.55. The largest absolute Gasteiger partial charge is 0.494 e. The van der Waals surface area contributed by atoms with Crippen LogP contribution in [0.3, 0.4) is 0 Å². The number of ether oxygens (including phenoxy) is 1. The Bertz CT molecular complexity index is 323. The van der Waals surface area contributed by atoms with Crippen LogP contribution in [0.15, 0.2) is 12.4 Å². The van der Waals surface area contributed by atoms with E-state index in [0.29, 0.717) is 11.7 Å². The van der Waals surface area contributed by atoms with Gasteiger partial charge in [-0.25, -0.2) is 9.97 Å². The molecular weight excluding hydrogens is 178 g/mol. The normalized spacial score (nSPS) is 8.71. The van der Waals surface area contributed by atoms with E-state index in [9.17, 15) is 0 Å². The first-order valence-corrected chi connectivity index (χ1v) is 4.36. The lowest BCUT2D eigenvalue weighted by Crippen LogP contribution is -2.04. The van der Waals surface area contributed by atoms with Crippen molar-refractivity contribution in [1.29, 1.82) is 0 Å². The van der Waals surface area contributed by atoms with E-state index in [0.717, 1.165) is 13.0 Å². The molecule has 14 heavy (non-hydrogen) atoms. The average molecular weight is 191 g/mol. The number of rotatable bonds is 4. The van der Waals surface area contributed by atoms with Crippen LogP contribution in [-0.2, 0) is 0 Å². The Morgan fingerprint density at radius 2 is 2.14 bits per heavy atom. The Balaban J connectivity index is 2.38. The van der Waals surface area contributed by atoms with Gasteiger partial charge in [0, 0.05) is 13.0 Å². The fraction of sp³-hybridized carbons (Fsp3) is 0.400. The Hall–Kier alpha value is -1.76. The lowest BCUT2D eigenvalue weighted by Gasteiger charge is -2.02. The lowest BCUT2D eigenvalue weighted by atomic mass is 10.4. The Labute approximate surface area is 83.7 Å². The molecule has 0 aliphatic rings. The summed E-state index contributed by atoms with van der Waals surface area (Å²) >= 11 is 0. The van der Waals surface area contributed by atoms with E-state index < -0.39 is 0 Å². The molecule has 0 amide bonds. The number of aromatic nitrogens is 2. The number of nitrogens with one attached hydrogen (secondary N) is 1. The third-order valence-electron chi connectivity index (χ3n) is 1.57. The first-order chi connectivity index (χ1) is 6.86. The van der Waals surface area contributed by atoms with Gasteiger partial charge in [0.2, 0.25) is 5.95 Å². The number of methoxy groups -OCH3 is 1. The quantitative estimate of drug-likeness (QED) is 0.575. The first kappa shape index (κ1) is 10.3. The van der Waals surface area contributed by atoms with E-state index in [1.54, 1.807) is 19.5 Å². The number of nitrogens with zero attached hydrogens (tertiary/aromatic N) is 2. The van der Waals surface area contributed by atoms with Gasteiger partial charge in [-0.15, -0.1) is 11.8 Å². The van der Waals surface area contributed by atoms with Crippen molar-refractivity contribution in [3.8, 4) is 17.6 Å². The van der Waals surface area contributed by atoms with Gasteiger partial charge >= 0.3 is 0 Å². The minimum absolute atomic E-state index is 0.601. The monoisotopic (exact) mass is 191 g/mol. The summed E-state index contributed by atoms with van der Waals surface area (Å²) in [6.45, 7) is 2.58. The highest BCUT2D eigenvalue weighted by atomic mass is 16.5. The van der Waals surface area contributed by atoms with Crippen LogP contribution < -0.4 is 10.1 Å². The topological polar surface area (TPSA) is 47.0 Å². The van der Waals surface area contributed by atoms with Crippen molar-refractivity contribution in [2.45, 2.75) is 13.3 Å². The van der Waals surface area contributed by atoms with Crippen LogP contribution in [0, 0.1) is 11.8 Å². The van der Waals surface area contributed by atoms with Crippen molar-refractivity contribution in [2.24, 2.45) is 0 Å². The van der Waals surface area contributed by atoms with E-state index in [4.69, 9.17) is 4.74 Å². The predicted octanol–water partition coefficient (Wildman–Crippen LogP) is 1.31. The van der Waals surface area contributed by atoms with Gasteiger partial charge in [0.1, 0.15) is 0 Å². The van der Waals surface area contributed by atoms with Gasteiger partial charge in [0.05, 0.1) is 19.5 Å². The molecule has 4 heteroatoms. The van der Waals surface area contributed by atoms with Crippen LogP contribution in [0.1, 0.15) is 13.3 Å². The Kier molecular flexibility index (Phi) is 4.29. The summed E-state index contributed by atoms with van der Waals surface area (Å²) in [6.07, 6.45) is 4.05. The molecule has 1 heterocycles. The molecule has 0 aliphatic carbocycles. The average Bonchev–Trinajstić information content (AvgIpc) is 2.25. The van der Waals surface area contributed by atoms with E-state index in [1.807, 2.05) is 6.92 Å². The summed E-state index contributed by atoms with van der Waals surface area (Å²) < 4.78 is 4.94. The smallest absolute Gasteiger partial charge is 0.222 e. The molecule has 0 aliphatic heterocycles. The van der Waals surface area contributed by atoms with Crippen LogP contribution in [0.25, 0.3) is 0 Å². The molecule has 0 saturated heterocycles. The zero-order chi connectivity index (χ0) is 10.2. The lowest BCUT2D eigenvalue weighted by molar-refractivity contribution is 0.411. The molecular formula is C10H13N3O. The first-order valence-electron chi connectivity index (χ1n) is 4.36.